The Morgan fingerprint density at radius 3 is 1.40 bits per heavy atom. The number of oxazole rings is 4. The fourth-order valence-corrected chi connectivity index (χ4v) is 13.8. The molecule has 0 saturated carbocycles. The van der Waals surface area contributed by atoms with Crippen LogP contribution in [0.15, 0.2) is 103 Å². The number of aryl methyl sites for hydroxylation is 1. The number of carbonyl (C=O) groups is 5. The third-order valence-corrected chi connectivity index (χ3v) is 18.7. The van der Waals surface area contributed by atoms with Gasteiger partial charge in [-0.25, -0.2) is 28.7 Å². The largest absolute Gasteiger partial charge is 0.469 e. The van der Waals surface area contributed by atoms with Crippen molar-refractivity contribution in [1.29, 1.82) is 0 Å². The van der Waals surface area contributed by atoms with Gasteiger partial charge in [0.2, 0.25) is 35.4 Å². The van der Waals surface area contributed by atoms with Crippen molar-refractivity contribution in [1.82, 2.24) is 30.6 Å². The molecule has 8 N–H and O–H groups in total. The van der Waals surface area contributed by atoms with E-state index in [-0.39, 0.29) is 84.1 Å². The Kier molecular flexibility index (Phi) is 15.4. The molecule has 490 valence electrons. The van der Waals surface area contributed by atoms with Crippen LogP contribution in [0.3, 0.4) is 0 Å². The topological polar surface area (TPSA) is 323 Å². The molecule has 0 aliphatic carbocycles. The zero-order chi connectivity index (χ0) is 67.0. The van der Waals surface area contributed by atoms with Crippen LogP contribution in [0.1, 0.15) is 167 Å². The molecule has 94 heavy (non-hydrogen) atoms. The third-order valence-electron chi connectivity index (χ3n) is 18.7. The molecule has 0 saturated heterocycles. The van der Waals surface area contributed by atoms with E-state index in [9.17, 15) is 34.2 Å². The highest BCUT2D eigenvalue weighted by atomic mass is 19.1. The summed E-state index contributed by atoms with van der Waals surface area (Å²) in [6.07, 6.45) is -1.31. The average Bonchev–Trinajstić information content (AvgIpc) is 1.53. The van der Waals surface area contributed by atoms with Gasteiger partial charge in [-0.15, -0.1) is 0 Å². The van der Waals surface area contributed by atoms with E-state index in [1.165, 1.54) is 30.5 Å². The minimum absolute atomic E-state index is 0.0728. The van der Waals surface area contributed by atoms with Crippen LogP contribution in [0.4, 0.5) is 20.2 Å². The minimum Gasteiger partial charge on any atom is -0.469 e. The van der Waals surface area contributed by atoms with Crippen molar-refractivity contribution in [3.8, 4) is 34.7 Å². The molecular weight excluding hydrogens is 1210 g/mol. The highest BCUT2D eigenvalue weighted by Crippen LogP contribution is 2.62. The Morgan fingerprint density at radius 1 is 0.596 bits per heavy atom. The third kappa shape index (κ3) is 10.5. The number of nitrogens with one attached hydrogen (secondary N) is 4. The summed E-state index contributed by atoms with van der Waals surface area (Å²) in [7, 11) is 0. The predicted molar refractivity (Wildman–Crippen MR) is 335 cm³/mol. The summed E-state index contributed by atoms with van der Waals surface area (Å²) in [6, 6.07) is 18.4. The van der Waals surface area contributed by atoms with Crippen LogP contribution in [-0.4, -0.2) is 84.1 Å². The van der Waals surface area contributed by atoms with E-state index >= 15 is 8.78 Å². The molecule has 0 radical (unpaired) electrons. The summed E-state index contributed by atoms with van der Waals surface area (Å²) in [5, 5.41) is 34.1. The molecule has 8 aromatic rings. The first-order chi connectivity index (χ1) is 44.4. The van der Waals surface area contributed by atoms with Gasteiger partial charge in [0.05, 0.1) is 5.69 Å². The maximum atomic E-state index is 15.1. The van der Waals surface area contributed by atoms with Gasteiger partial charge >= 0.3 is 0 Å². The molecule has 6 aliphatic rings. The maximum absolute atomic E-state index is 15.1. The summed E-state index contributed by atoms with van der Waals surface area (Å²) in [5.41, 5.74) is 7.74. The summed E-state index contributed by atoms with van der Waals surface area (Å²) in [6.45, 7) is 20.4. The Balaban J connectivity index is 0.000000171. The van der Waals surface area contributed by atoms with Gasteiger partial charge in [-0.05, 0) is 102 Å². The summed E-state index contributed by atoms with van der Waals surface area (Å²) in [5.74, 6) is -3.61. The van der Waals surface area contributed by atoms with E-state index in [0.717, 1.165) is 11.8 Å². The molecule has 6 aliphatic heterocycles. The summed E-state index contributed by atoms with van der Waals surface area (Å²) in [4.78, 5) is 85.3. The lowest BCUT2D eigenvalue weighted by Gasteiger charge is -2.32. The molecule has 10 heterocycles. The quantitative estimate of drug-likeness (QED) is 0.0633. The fourth-order valence-electron chi connectivity index (χ4n) is 13.8. The standard InChI is InChI=1S/C35H36FN5O7.C35H37FN4O6/c1-15(2)26(43)23(42)12-17-10-16-6-9-24-20(11-16)35(19-13-18(36)7-8-21(19)39-33(35)47-24)28-25(31-38-22(14-46-31)29(37)44)40-32(48-28)27(34(3,4)5)41-30(17)45;1-16(2)27(42)24(41)13-19-11-18-7-10-25-22(12-18)35(21-14-20(36)8-9-23(21)38-33(35)45-25)29-26(31-37-17(3)15-44-31)39-32(46-29)28(34(4,5)6)40-30(19)43/h6-9,11,13-15,17,26-27,33,39,43H,10,12H2,1-5H3,(H2,37,44)(H,41,45);7-10,12,14-16,19,27-28,33,38,42H,11,13H2,1-6H3,(H,40,43)/t17-,26+,27-,33-,35+;19-,27+,28-,33-,35+/m11/s1. The van der Waals surface area contributed by atoms with Crippen molar-refractivity contribution in [2.24, 2.45) is 40.2 Å². The second-order valence-electron chi connectivity index (χ2n) is 28.2. The number of amides is 3. The number of ketones is 2. The van der Waals surface area contributed by atoms with Crippen LogP contribution in [0.2, 0.25) is 0 Å². The number of ether oxygens (including phenoxy) is 2. The van der Waals surface area contributed by atoms with Crippen molar-refractivity contribution in [3.05, 3.63) is 165 Å². The van der Waals surface area contributed by atoms with E-state index in [2.05, 4.69) is 31.2 Å². The van der Waals surface area contributed by atoms with Crippen molar-refractivity contribution < 1.29 is 70.1 Å². The van der Waals surface area contributed by atoms with Gasteiger partial charge in [0.25, 0.3) is 5.91 Å². The van der Waals surface area contributed by atoms with Gasteiger partial charge in [0.1, 0.15) is 70.8 Å². The number of aliphatic hydroxyl groups is 2. The van der Waals surface area contributed by atoms with E-state index in [4.69, 9.17) is 42.8 Å². The van der Waals surface area contributed by atoms with Crippen molar-refractivity contribution in [2.75, 3.05) is 10.6 Å². The normalized spacial score (nSPS) is 23.5. The SMILES string of the molecule is CC(C)[C@H](O)C(=O)C[C@H]1Cc2ccc3c(c2)[C@@]2(c4cc(F)ccc4N[C@@H]2O3)c2oc(nc2-c2nc(C(N)=O)co2)[C@H](C(C)(C)C)NC1=O.Cc1coc(-c2nc3oc2[C@@]24c5cc(F)ccc5N[C@@H]2Oc2ccc(cc24)C[C@H](CC(=O)[C@@H](O)C(C)C)C(=O)N[C@H]3C(C)(C)C)n1. The molecule has 22 nitrogen and oxygen atoms in total. The molecule has 2 spiro atoms. The Labute approximate surface area is 539 Å². The molecule has 24 heteroatoms. The first-order valence-corrected chi connectivity index (χ1v) is 31.4. The number of hydrogen-bond acceptors (Lipinski definition) is 19. The monoisotopic (exact) mass is 1290 g/mol. The number of aliphatic hydroxyl groups excluding tert-OH is 2. The molecule has 10 atom stereocenters. The van der Waals surface area contributed by atoms with Gasteiger partial charge in [-0.3, -0.25) is 24.0 Å². The van der Waals surface area contributed by atoms with E-state index in [1.807, 2.05) is 71.9 Å². The van der Waals surface area contributed by atoms with Gasteiger partial charge in [0.15, 0.2) is 52.6 Å². The van der Waals surface area contributed by atoms with Crippen molar-refractivity contribution in [3.63, 3.8) is 0 Å². The Hall–Kier alpha value is -9.55. The second-order valence-corrected chi connectivity index (χ2v) is 28.2. The Morgan fingerprint density at radius 2 is 1.02 bits per heavy atom. The first-order valence-electron chi connectivity index (χ1n) is 31.4. The Bertz CT molecular complexity index is 4400. The van der Waals surface area contributed by atoms with Crippen LogP contribution in [-0.2, 0) is 42.8 Å². The second kappa shape index (κ2) is 22.9. The van der Waals surface area contributed by atoms with Crippen molar-refractivity contribution in [2.45, 2.75) is 149 Å². The molecule has 0 fully saturated rings. The van der Waals surface area contributed by atoms with Gasteiger partial charge in [-0.2, -0.15) is 0 Å². The number of anilines is 2. The predicted octanol–water partition coefficient (Wildman–Crippen LogP) is 10.0. The number of hydrogen-bond donors (Lipinski definition) is 7. The summed E-state index contributed by atoms with van der Waals surface area (Å²) >= 11 is 0. The average molecular weight is 1290 g/mol. The number of Topliss-reactive ketones (excluding diaryl/α,β-unsaturated/α-hetero) is 2. The maximum Gasteiger partial charge on any atom is 0.270 e. The number of nitrogens with two attached hydrogens (primary N) is 1. The van der Waals surface area contributed by atoms with Crippen LogP contribution < -0.4 is 36.5 Å². The van der Waals surface area contributed by atoms with Gasteiger partial charge in [-0.1, -0.05) is 93.5 Å². The molecule has 0 unspecified atom stereocenters. The number of benzene rings is 4. The minimum atomic E-state index is -1.34. The molecule has 3 amide bonds. The van der Waals surface area contributed by atoms with Gasteiger partial charge in [0, 0.05) is 58.3 Å². The van der Waals surface area contributed by atoms with E-state index in [0.29, 0.717) is 67.8 Å². The fraction of sp³-hybridized carbons (Fsp3) is 0.414. The number of aromatic nitrogens is 4. The van der Waals surface area contributed by atoms with E-state index < -0.39 is 105 Å². The van der Waals surface area contributed by atoms with Crippen LogP contribution in [0, 0.1) is 53.1 Å². The highest BCUT2D eigenvalue weighted by molar-refractivity contribution is 5.92. The molecule has 14 rings (SSSR count). The number of fused-ring (bicyclic) bond motifs is 8. The number of primary amides is 1. The molecule has 4 aromatic carbocycles. The van der Waals surface area contributed by atoms with Crippen LogP contribution in [0.5, 0.6) is 11.5 Å². The highest BCUT2D eigenvalue weighted by Gasteiger charge is 2.63. The zero-order valence-electron chi connectivity index (χ0n) is 53.7. The summed E-state index contributed by atoms with van der Waals surface area (Å²) < 4.78 is 68.4. The lowest BCUT2D eigenvalue weighted by atomic mass is 9.72. The van der Waals surface area contributed by atoms with Crippen LogP contribution >= 0.6 is 0 Å². The number of nitrogens with zero attached hydrogens (tertiary/aromatic N) is 4. The lowest BCUT2D eigenvalue weighted by Crippen LogP contribution is -2.42. The molecule has 8 bridgehead atoms. The number of halogens is 2. The first kappa shape index (κ1) is 63.2. The smallest absolute Gasteiger partial charge is 0.270 e. The van der Waals surface area contributed by atoms with Crippen molar-refractivity contribution >= 4 is 40.7 Å². The number of rotatable bonds is 11. The number of carbonyl (C=O) groups excluding carboxylic acids is 5. The zero-order valence-corrected chi connectivity index (χ0v) is 53.7. The van der Waals surface area contributed by atoms with E-state index in [1.54, 1.807) is 52.8 Å². The lowest BCUT2D eigenvalue weighted by molar-refractivity contribution is -0.135. The van der Waals surface area contributed by atoms with Gasteiger partial charge < -0.3 is 64.4 Å². The van der Waals surface area contributed by atoms with Crippen LogP contribution in [0.25, 0.3) is 23.2 Å². The molecular formula is C70H73F2N9O13. The molecule has 4 aromatic heterocycles.